The van der Waals surface area contributed by atoms with Crippen molar-refractivity contribution in [2.45, 2.75) is 44.6 Å². The zero-order valence-corrected chi connectivity index (χ0v) is 10.9. The highest BCUT2D eigenvalue weighted by molar-refractivity contribution is 5.89. The third-order valence-corrected chi connectivity index (χ3v) is 4.23. The topological polar surface area (TPSA) is 69.6 Å². The van der Waals surface area contributed by atoms with E-state index in [1.165, 1.54) is 0 Å². The molecule has 2 saturated heterocycles. The number of hydrogen-bond donors (Lipinski definition) is 2. The first-order chi connectivity index (χ1) is 8.62. The summed E-state index contributed by atoms with van der Waals surface area (Å²) < 4.78 is 0. The Kier molecular flexibility index (Phi) is 3.90. The molecule has 0 aromatic rings. The molecule has 0 saturated carbocycles. The minimum absolute atomic E-state index is 0.0290. The highest BCUT2D eigenvalue weighted by Gasteiger charge is 2.50. The molecule has 5 heteroatoms. The number of carbonyl (C=O) groups excluding carboxylic acids is 1. The molecule has 1 amide bonds. The lowest BCUT2D eigenvalue weighted by molar-refractivity contribution is -0.158. The van der Waals surface area contributed by atoms with E-state index in [1.807, 2.05) is 6.92 Å². The fourth-order valence-electron chi connectivity index (χ4n) is 3.29. The third kappa shape index (κ3) is 2.11. The average molecular weight is 254 g/mol. The smallest absolute Gasteiger partial charge is 0.329 e. The molecule has 2 fully saturated rings. The molecule has 0 bridgehead atoms. The van der Waals surface area contributed by atoms with Gasteiger partial charge in [-0.2, -0.15) is 0 Å². The molecule has 2 aliphatic heterocycles. The van der Waals surface area contributed by atoms with Crippen molar-refractivity contribution in [2.75, 3.05) is 19.6 Å². The van der Waals surface area contributed by atoms with Crippen molar-refractivity contribution in [3.63, 3.8) is 0 Å². The van der Waals surface area contributed by atoms with Gasteiger partial charge in [0.2, 0.25) is 5.91 Å². The van der Waals surface area contributed by atoms with Gasteiger partial charge in [-0.05, 0) is 32.2 Å². The number of hydrogen-bond acceptors (Lipinski definition) is 3. The molecular formula is C13H22N2O3. The molecule has 18 heavy (non-hydrogen) atoms. The molecule has 0 aromatic carbocycles. The Bertz CT molecular complexity index is 339. The minimum atomic E-state index is -0.936. The van der Waals surface area contributed by atoms with Crippen LogP contribution in [0.4, 0.5) is 0 Å². The molecule has 0 aromatic heterocycles. The zero-order valence-electron chi connectivity index (χ0n) is 10.9. The van der Waals surface area contributed by atoms with Crippen LogP contribution < -0.4 is 5.32 Å². The maximum atomic E-state index is 12.5. The lowest BCUT2D eigenvalue weighted by Crippen LogP contribution is -2.54. The lowest BCUT2D eigenvalue weighted by atomic mass is 9.89. The third-order valence-electron chi connectivity index (χ3n) is 4.23. The number of carbonyl (C=O) groups is 2. The van der Waals surface area contributed by atoms with E-state index in [-0.39, 0.29) is 11.8 Å². The largest absolute Gasteiger partial charge is 0.479 e. The van der Waals surface area contributed by atoms with Crippen molar-refractivity contribution in [2.24, 2.45) is 5.92 Å². The number of nitrogens with zero attached hydrogens (tertiary/aromatic N) is 1. The summed E-state index contributed by atoms with van der Waals surface area (Å²) in [6, 6.07) is 0. The van der Waals surface area contributed by atoms with E-state index in [2.05, 4.69) is 5.32 Å². The summed E-state index contributed by atoms with van der Waals surface area (Å²) in [4.78, 5) is 25.7. The average Bonchev–Trinajstić information content (AvgIpc) is 2.98. The standard InChI is InChI=1S/C13H22N2O3/c1-2-5-13(12(17)18)6-3-8-15(13)11(16)10-4-7-14-9-10/h10,14H,2-9H2,1H3,(H,17,18). The Morgan fingerprint density at radius 3 is 2.83 bits per heavy atom. The van der Waals surface area contributed by atoms with Crippen molar-refractivity contribution in [3.05, 3.63) is 0 Å². The highest BCUT2D eigenvalue weighted by atomic mass is 16.4. The van der Waals surface area contributed by atoms with Crippen LogP contribution in [-0.4, -0.2) is 47.1 Å². The Labute approximate surface area is 108 Å². The fourth-order valence-corrected chi connectivity index (χ4v) is 3.29. The van der Waals surface area contributed by atoms with Crippen LogP contribution in [0.3, 0.4) is 0 Å². The van der Waals surface area contributed by atoms with E-state index in [1.54, 1.807) is 4.90 Å². The molecule has 2 unspecified atom stereocenters. The van der Waals surface area contributed by atoms with Gasteiger partial charge < -0.3 is 15.3 Å². The summed E-state index contributed by atoms with van der Waals surface area (Å²) in [6.07, 6.45) is 3.59. The van der Waals surface area contributed by atoms with E-state index in [0.717, 1.165) is 25.8 Å². The van der Waals surface area contributed by atoms with Gasteiger partial charge in [0.15, 0.2) is 0 Å². The van der Waals surface area contributed by atoms with Crippen LogP contribution in [0.5, 0.6) is 0 Å². The Morgan fingerprint density at radius 2 is 2.28 bits per heavy atom. The normalized spacial score (nSPS) is 31.8. The Balaban J connectivity index is 2.18. The molecule has 0 aliphatic carbocycles. The molecule has 5 nitrogen and oxygen atoms in total. The minimum Gasteiger partial charge on any atom is -0.479 e. The number of amides is 1. The van der Waals surface area contributed by atoms with Crippen molar-refractivity contribution in [1.29, 1.82) is 0 Å². The van der Waals surface area contributed by atoms with E-state index in [0.29, 0.717) is 25.9 Å². The van der Waals surface area contributed by atoms with Gasteiger partial charge in [0.25, 0.3) is 0 Å². The van der Waals surface area contributed by atoms with Crippen LogP contribution in [0, 0.1) is 5.92 Å². The van der Waals surface area contributed by atoms with E-state index >= 15 is 0 Å². The van der Waals surface area contributed by atoms with Crippen LogP contribution >= 0.6 is 0 Å². The van der Waals surface area contributed by atoms with E-state index in [4.69, 9.17) is 0 Å². The van der Waals surface area contributed by atoms with Gasteiger partial charge in [-0.25, -0.2) is 4.79 Å². The molecule has 102 valence electrons. The summed E-state index contributed by atoms with van der Waals surface area (Å²) >= 11 is 0. The number of carboxylic acids is 1. The molecule has 2 heterocycles. The monoisotopic (exact) mass is 254 g/mol. The molecular weight excluding hydrogens is 232 g/mol. The van der Waals surface area contributed by atoms with Crippen molar-refractivity contribution in [1.82, 2.24) is 10.2 Å². The SMILES string of the molecule is CCCC1(C(=O)O)CCCN1C(=O)C1CCNC1. The first-order valence-corrected chi connectivity index (χ1v) is 6.87. The molecule has 2 rings (SSSR count). The number of likely N-dealkylation sites (tertiary alicyclic amines) is 1. The second-order valence-corrected chi connectivity index (χ2v) is 5.37. The predicted octanol–water partition coefficient (Wildman–Crippen LogP) is 0.842. The number of carboxylic acid groups (broad SMARTS) is 1. The summed E-state index contributed by atoms with van der Waals surface area (Å²) in [5.41, 5.74) is -0.936. The second kappa shape index (κ2) is 5.26. The molecule has 0 radical (unpaired) electrons. The molecule has 2 atom stereocenters. The first-order valence-electron chi connectivity index (χ1n) is 6.87. The van der Waals surface area contributed by atoms with Gasteiger partial charge in [-0.15, -0.1) is 0 Å². The molecule has 0 spiro atoms. The summed E-state index contributed by atoms with van der Waals surface area (Å²) in [7, 11) is 0. The van der Waals surface area contributed by atoms with Crippen LogP contribution in [-0.2, 0) is 9.59 Å². The number of nitrogens with one attached hydrogen (secondary N) is 1. The maximum absolute atomic E-state index is 12.5. The number of aliphatic carboxylic acids is 1. The highest BCUT2D eigenvalue weighted by Crippen LogP contribution is 2.35. The van der Waals surface area contributed by atoms with E-state index in [9.17, 15) is 14.7 Å². The summed E-state index contributed by atoms with van der Waals surface area (Å²) in [6.45, 7) is 4.12. The van der Waals surface area contributed by atoms with Crippen LogP contribution in [0.15, 0.2) is 0 Å². The second-order valence-electron chi connectivity index (χ2n) is 5.37. The zero-order chi connectivity index (χ0) is 13.2. The van der Waals surface area contributed by atoms with Crippen LogP contribution in [0.1, 0.15) is 39.0 Å². The van der Waals surface area contributed by atoms with Crippen molar-refractivity contribution < 1.29 is 14.7 Å². The van der Waals surface area contributed by atoms with Gasteiger partial charge in [-0.3, -0.25) is 4.79 Å². The summed E-state index contributed by atoms with van der Waals surface area (Å²) in [5, 5.41) is 12.7. The van der Waals surface area contributed by atoms with Gasteiger partial charge in [-0.1, -0.05) is 13.3 Å². The number of rotatable bonds is 4. The Morgan fingerprint density at radius 1 is 1.50 bits per heavy atom. The maximum Gasteiger partial charge on any atom is 0.329 e. The lowest BCUT2D eigenvalue weighted by Gasteiger charge is -2.36. The molecule has 2 N–H and O–H groups in total. The Hall–Kier alpha value is -1.10. The van der Waals surface area contributed by atoms with Crippen LogP contribution in [0.2, 0.25) is 0 Å². The van der Waals surface area contributed by atoms with Crippen LogP contribution in [0.25, 0.3) is 0 Å². The van der Waals surface area contributed by atoms with Gasteiger partial charge in [0, 0.05) is 13.1 Å². The van der Waals surface area contributed by atoms with E-state index < -0.39 is 11.5 Å². The summed E-state index contributed by atoms with van der Waals surface area (Å²) in [5.74, 6) is -0.826. The van der Waals surface area contributed by atoms with Crippen molar-refractivity contribution in [3.8, 4) is 0 Å². The fraction of sp³-hybridized carbons (Fsp3) is 0.846. The first kappa shape index (κ1) is 13.3. The predicted molar refractivity (Wildman–Crippen MR) is 67.2 cm³/mol. The molecule has 2 aliphatic rings. The van der Waals surface area contributed by atoms with Gasteiger partial charge in [0.05, 0.1) is 5.92 Å². The van der Waals surface area contributed by atoms with Gasteiger partial charge >= 0.3 is 5.97 Å². The van der Waals surface area contributed by atoms with Crippen molar-refractivity contribution >= 4 is 11.9 Å². The quantitative estimate of drug-likeness (QED) is 0.780. The van der Waals surface area contributed by atoms with Gasteiger partial charge in [0.1, 0.15) is 5.54 Å².